The van der Waals surface area contributed by atoms with Crippen molar-refractivity contribution in [2.45, 2.75) is 33.1 Å². The maximum Gasteiger partial charge on any atom is 0.208 e. The van der Waals surface area contributed by atoms with Crippen molar-refractivity contribution in [2.75, 3.05) is 44.6 Å². The second kappa shape index (κ2) is 12.0. The minimum atomic E-state index is 0.179. The summed E-state index contributed by atoms with van der Waals surface area (Å²) < 4.78 is 8.20. The number of ketones is 1. The molecule has 39 heavy (non-hydrogen) atoms. The van der Waals surface area contributed by atoms with Crippen LogP contribution < -0.4 is 10.1 Å². The third kappa shape index (κ3) is 6.64. The lowest BCUT2D eigenvalue weighted by molar-refractivity contribution is -0.120. The van der Waals surface area contributed by atoms with Gasteiger partial charge in [0.1, 0.15) is 11.5 Å². The van der Waals surface area contributed by atoms with Crippen LogP contribution in [-0.2, 0) is 18.3 Å². The highest BCUT2D eigenvalue weighted by molar-refractivity contribution is 5.83. The average Bonchev–Trinajstić information content (AvgIpc) is 3.23. The number of nitrogens with zero attached hydrogens (tertiary/aromatic N) is 5. The standard InChI is InChI=1S/C31H38N6O2/c1-5-36-13-15-37(16-14-36)21-26(38)18-25-19-28(11-12-32-25)39-27-9-10-30-29(20-27)34-31(35(30)4)33-24-8-6-7-23(17-24)22(2)3/h6-12,17,19-20,22H,5,13-16,18,21H2,1-4H3,(H,33,34). The van der Waals surface area contributed by atoms with Gasteiger partial charge in [-0.15, -0.1) is 0 Å². The van der Waals surface area contributed by atoms with Gasteiger partial charge in [-0.2, -0.15) is 0 Å². The molecule has 8 heteroatoms. The summed E-state index contributed by atoms with van der Waals surface area (Å²) in [5, 5.41) is 3.45. The Morgan fingerprint density at radius 2 is 1.77 bits per heavy atom. The molecule has 0 bridgehead atoms. The van der Waals surface area contributed by atoms with Crippen LogP contribution in [-0.4, -0.2) is 69.4 Å². The largest absolute Gasteiger partial charge is 0.457 e. The molecule has 8 nitrogen and oxygen atoms in total. The molecule has 4 aromatic rings. The molecule has 1 aliphatic rings. The fourth-order valence-corrected chi connectivity index (χ4v) is 4.98. The molecule has 3 heterocycles. The predicted molar refractivity (Wildman–Crippen MR) is 156 cm³/mol. The molecule has 204 valence electrons. The van der Waals surface area contributed by atoms with Gasteiger partial charge in [-0.3, -0.25) is 14.7 Å². The molecule has 1 fully saturated rings. The van der Waals surface area contributed by atoms with E-state index in [2.05, 4.69) is 65.1 Å². The summed E-state index contributed by atoms with van der Waals surface area (Å²) in [6.07, 6.45) is 2.00. The minimum Gasteiger partial charge on any atom is -0.457 e. The minimum absolute atomic E-state index is 0.179. The van der Waals surface area contributed by atoms with Gasteiger partial charge in [0.25, 0.3) is 0 Å². The highest BCUT2D eigenvalue weighted by Crippen LogP contribution is 2.29. The van der Waals surface area contributed by atoms with Crippen LogP contribution in [0.15, 0.2) is 60.8 Å². The number of aromatic nitrogens is 3. The molecule has 0 unspecified atom stereocenters. The van der Waals surface area contributed by atoms with Crippen LogP contribution in [0.2, 0.25) is 0 Å². The molecule has 2 aromatic carbocycles. The molecule has 2 aromatic heterocycles. The van der Waals surface area contributed by atoms with E-state index >= 15 is 0 Å². The van der Waals surface area contributed by atoms with E-state index < -0.39 is 0 Å². The van der Waals surface area contributed by atoms with Crippen molar-refractivity contribution in [1.29, 1.82) is 0 Å². The molecular formula is C31H38N6O2. The lowest BCUT2D eigenvalue weighted by atomic mass is 10.0. The van der Waals surface area contributed by atoms with Gasteiger partial charge in [-0.05, 0) is 48.4 Å². The van der Waals surface area contributed by atoms with Crippen molar-refractivity contribution in [3.8, 4) is 11.5 Å². The summed E-state index contributed by atoms with van der Waals surface area (Å²) in [5.41, 5.74) is 4.86. The number of Topliss-reactive ketones (excluding diaryl/α,β-unsaturated/α-hetero) is 1. The highest BCUT2D eigenvalue weighted by atomic mass is 16.5. The number of rotatable bonds is 10. The molecule has 0 amide bonds. The third-order valence-electron chi connectivity index (χ3n) is 7.38. The number of benzene rings is 2. The second-order valence-electron chi connectivity index (χ2n) is 10.6. The number of piperazine rings is 1. The first-order valence-corrected chi connectivity index (χ1v) is 13.8. The lowest BCUT2D eigenvalue weighted by Gasteiger charge is -2.33. The number of fused-ring (bicyclic) bond motifs is 1. The maximum absolute atomic E-state index is 12.7. The Balaban J connectivity index is 1.23. The predicted octanol–water partition coefficient (Wildman–Crippen LogP) is 5.38. The van der Waals surface area contributed by atoms with Crippen molar-refractivity contribution < 1.29 is 9.53 Å². The van der Waals surface area contributed by atoms with Crippen LogP contribution in [0, 0.1) is 0 Å². The van der Waals surface area contributed by atoms with E-state index in [-0.39, 0.29) is 5.78 Å². The summed E-state index contributed by atoms with van der Waals surface area (Å²) in [6, 6.07) is 18.0. The summed E-state index contributed by atoms with van der Waals surface area (Å²) in [5.74, 6) is 2.75. The van der Waals surface area contributed by atoms with Gasteiger partial charge < -0.3 is 19.5 Å². The highest BCUT2D eigenvalue weighted by Gasteiger charge is 2.18. The van der Waals surface area contributed by atoms with E-state index in [0.717, 1.165) is 61.1 Å². The first-order chi connectivity index (χ1) is 18.9. The molecule has 0 aliphatic carbocycles. The summed E-state index contributed by atoms with van der Waals surface area (Å²) in [7, 11) is 2.00. The molecule has 0 saturated carbocycles. The Kier molecular flexibility index (Phi) is 8.24. The van der Waals surface area contributed by atoms with Gasteiger partial charge in [-0.1, -0.05) is 32.9 Å². The van der Waals surface area contributed by atoms with Crippen LogP contribution in [0.3, 0.4) is 0 Å². The van der Waals surface area contributed by atoms with E-state index in [9.17, 15) is 4.79 Å². The fraction of sp³-hybridized carbons (Fsp3) is 0.387. The van der Waals surface area contributed by atoms with Gasteiger partial charge >= 0.3 is 0 Å². The van der Waals surface area contributed by atoms with E-state index in [1.54, 1.807) is 6.20 Å². The van der Waals surface area contributed by atoms with Gasteiger partial charge in [0, 0.05) is 57.2 Å². The Bertz CT molecular complexity index is 1440. The van der Waals surface area contributed by atoms with E-state index in [1.807, 2.05) is 41.9 Å². The van der Waals surface area contributed by atoms with Crippen molar-refractivity contribution in [2.24, 2.45) is 7.05 Å². The van der Waals surface area contributed by atoms with Gasteiger partial charge in [0.2, 0.25) is 5.95 Å². The van der Waals surface area contributed by atoms with Crippen LogP contribution in [0.25, 0.3) is 11.0 Å². The Labute approximate surface area is 230 Å². The van der Waals surface area contributed by atoms with Gasteiger partial charge in [0.15, 0.2) is 5.78 Å². The zero-order chi connectivity index (χ0) is 27.4. The summed E-state index contributed by atoms with van der Waals surface area (Å²) in [6.45, 7) is 12.0. The fourth-order valence-electron chi connectivity index (χ4n) is 4.98. The van der Waals surface area contributed by atoms with Crippen molar-refractivity contribution in [1.82, 2.24) is 24.3 Å². The maximum atomic E-state index is 12.7. The summed E-state index contributed by atoms with van der Waals surface area (Å²) in [4.78, 5) is 26.6. The number of carbonyl (C=O) groups excluding carboxylic acids is 1. The third-order valence-corrected chi connectivity index (χ3v) is 7.38. The molecule has 0 spiro atoms. The monoisotopic (exact) mass is 526 g/mol. The molecule has 0 radical (unpaired) electrons. The molecule has 1 saturated heterocycles. The first-order valence-electron chi connectivity index (χ1n) is 13.8. The van der Waals surface area contributed by atoms with Gasteiger partial charge in [-0.25, -0.2) is 4.98 Å². The number of carbonyl (C=O) groups is 1. The number of anilines is 2. The van der Waals surface area contributed by atoms with E-state index in [1.165, 1.54) is 5.56 Å². The van der Waals surface area contributed by atoms with Crippen LogP contribution in [0.5, 0.6) is 11.5 Å². The number of hydrogen-bond donors (Lipinski definition) is 1. The SMILES string of the molecule is CCN1CCN(CC(=O)Cc2cc(Oc3ccc4c(c3)nc(Nc3cccc(C(C)C)c3)n4C)ccn2)CC1. The number of hydrogen-bond acceptors (Lipinski definition) is 7. The number of aryl methyl sites for hydroxylation is 1. The zero-order valence-electron chi connectivity index (χ0n) is 23.4. The number of nitrogens with one attached hydrogen (secondary N) is 1. The lowest BCUT2D eigenvalue weighted by Crippen LogP contribution is -2.47. The second-order valence-corrected chi connectivity index (χ2v) is 10.6. The van der Waals surface area contributed by atoms with Crippen LogP contribution in [0.4, 0.5) is 11.6 Å². The average molecular weight is 527 g/mol. The van der Waals surface area contributed by atoms with E-state index in [4.69, 9.17) is 9.72 Å². The number of ether oxygens (including phenoxy) is 1. The smallest absolute Gasteiger partial charge is 0.208 e. The molecule has 0 atom stereocenters. The molecule has 1 N–H and O–H groups in total. The molecule has 1 aliphatic heterocycles. The number of imidazole rings is 1. The number of pyridine rings is 1. The topological polar surface area (TPSA) is 75.5 Å². The number of likely N-dealkylation sites (N-methyl/N-ethyl adjacent to an activating group) is 1. The molecular weight excluding hydrogens is 488 g/mol. The molecule has 5 rings (SSSR count). The normalized spacial score (nSPS) is 14.7. The van der Waals surface area contributed by atoms with Crippen molar-refractivity contribution in [3.05, 3.63) is 72.1 Å². The van der Waals surface area contributed by atoms with Crippen molar-refractivity contribution in [3.63, 3.8) is 0 Å². The summed E-state index contributed by atoms with van der Waals surface area (Å²) >= 11 is 0. The Hall–Kier alpha value is -3.75. The Morgan fingerprint density at radius 1 is 1.00 bits per heavy atom. The Morgan fingerprint density at radius 3 is 2.54 bits per heavy atom. The van der Waals surface area contributed by atoms with E-state index in [0.29, 0.717) is 30.4 Å². The van der Waals surface area contributed by atoms with Gasteiger partial charge in [0.05, 0.1) is 29.7 Å². The van der Waals surface area contributed by atoms with Crippen molar-refractivity contribution >= 4 is 28.5 Å². The quantitative estimate of drug-likeness (QED) is 0.297. The van der Waals surface area contributed by atoms with Crippen LogP contribution >= 0.6 is 0 Å². The zero-order valence-corrected chi connectivity index (χ0v) is 23.4. The van der Waals surface area contributed by atoms with Crippen LogP contribution in [0.1, 0.15) is 37.9 Å². The first kappa shape index (κ1) is 26.8.